The number of hydrogen-bond acceptors (Lipinski definition) is 2. The average Bonchev–Trinajstić information content (AvgIpc) is 2.36. The van der Waals surface area contributed by atoms with Crippen LogP contribution in [-0.4, -0.2) is 30.1 Å². The van der Waals surface area contributed by atoms with Crippen LogP contribution in [0.25, 0.3) is 0 Å². The summed E-state index contributed by atoms with van der Waals surface area (Å²) in [5.74, 6) is 1.03. The molecule has 0 spiro atoms. The van der Waals surface area contributed by atoms with Crippen LogP contribution in [0.4, 0.5) is 0 Å². The Morgan fingerprint density at radius 3 is 2.33 bits per heavy atom. The Labute approximate surface area is 123 Å². The van der Waals surface area contributed by atoms with Gasteiger partial charge in [-0.3, -0.25) is 0 Å². The van der Waals surface area contributed by atoms with E-state index in [1.165, 1.54) is 48.8 Å². The minimum atomic E-state index is 0.442. The third-order valence-corrected chi connectivity index (χ3v) is 4.81. The van der Waals surface area contributed by atoms with Gasteiger partial charge in [-0.25, -0.2) is 0 Å². The molecule has 2 aliphatic rings. The summed E-state index contributed by atoms with van der Waals surface area (Å²) in [5.41, 5.74) is 0. The van der Waals surface area contributed by atoms with Gasteiger partial charge in [-0.05, 0) is 72.8 Å². The summed E-state index contributed by atoms with van der Waals surface area (Å²) < 4.78 is 7.26. The molecule has 1 saturated heterocycles. The van der Waals surface area contributed by atoms with E-state index in [0.717, 1.165) is 11.8 Å². The highest BCUT2D eigenvalue weighted by Gasteiger charge is 2.35. The Balaban J connectivity index is 1.46. The molecule has 0 N–H and O–H groups in total. The van der Waals surface area contributed by atoms with Gasteiger partial charge in [0.05, 0.1) is 0 Å². The molecule has 98 valence electrons. The lowest BCUT2D eigenvalue weighted by Crippen LogP contribution is -2.50. The Bertz CT molecular complexity index is 380. The van der Waals surface area contributed by atoms with Crippen molar-refractivity contribution >= 4 is 22.6 Å². The van der Waals surface area contributed by atoms with E-state index in [-0.39, 0.29) is 0 Å². The van der Waals surface area contributed by atoms with Crippen LogP contribution in [0.2, 0.25) is 0 Å². The molecule has 1 aliphatic carbocycles. The summed E-state index contributed by atoms with van der Waals surface area (Å²) in [6, 6.07) is 9.17. The summed E-state index contributed by atoms with van der Waals surface area (Å²) in [5, 5.41) is 0. The maximum atomic E-state index is 6.00. The molecule has 0 aromatic heterocycles. The highest BCUT2D eigenvalue weighted by molar-refractivity contribution is 14.1. The van der Waals surface area contributed by atoms with Gasteiger partial charge in [-0.2, -0.15) is 0 Å². The van der Waals surface area contributed by atoms with E-state index < -0.39 is 0 Å². The van der Waals surface area contributed by atoms with Gasteiger partial charge in [0.1, 0.15) is 11.9 Å². The Morgan fingerprint density at radius 2 is 1.67 bits per heavy atom. The summed E-state index contributed by atoms with van der Waals surface area (Å²) in [6.07, 6.45) is 7.07. The third-order valence-electron chi connectivity index (χ3n) is 4.09. The van der Waals surface area contributed by atoms with Gasteiger partial charge in [0, 0.05) is 22.5 Å². The van der Waals surface area contributed by atoms with E-state index in [4.69, 9.17) is 4.74 Å². The molecular weight excluding hydrogens is 337 g/mol. The van der Waals surface area contributed by atoms with Gasteiger partial charge in [0.2, 0.25) is 0 Å². The first-order valence-electron chi connectivity index (χ1n) is 6.97. The molecule has 0 atom stereocenters. The third kappa shape index (κ3) is 2.99. The van der Waals surface area contributed by atoms with Crippen molar-refractivity contribution in [2.45, 2.75) is 44.2 Å². The quantitative estimate of drug-likeness (QED) is 0.766. The summed E-state index contributed by atoms with van der Waals surface area (Å²) in [6.45, 7) is 2.61. The summed E-state index contributed by atoms with van der Waals surface area (Å²) >= 11 is 2.32. The van der Waals surface area contributed by atoms with Crippen LogP contribution in [-0.2, 0) is 0 Å². The lowest BCUT2D eigenvalue weighted by molar-refractivity contribution is 0.00892. The standard InChI is InChI=1S/C15H20INO/c16-12-4-6-14(7-5-12)18-15-10-13(11-15)17-8-2-1-3-9-17/h4-7,13,15H,1-3,8-11H2. The number of nitrogens with zero attached hydrogens (tertiary/aromatic N) is 1. The Morgan fingerprint density at radius 1 is 1.00 bits per heavy atom. The lowest BCUT2D eigenvalue weighted by Gasteiger charge is -2.44. The number of ether oxygens (including phenoxy) is 1. The van der Waals surface area contributed by atoms with Crippen molar-refractivity contribution in [3.05, 3.63) is 27.8 Å². The van der Waals surface area contributed by atoms with E-state index in [2.05, 4.69) is 51.8 Å². The molecule has 2 nitrogen and oxygen atoms in total. The van der Waals surface area contributed by atoms with Crippen LogP contribution in [0.5, 0.6) is 5.75 Å². The first kappa shape index (κ1) is 12.7. The number of benzene rings is 1. The minimum Gasteiger partial charge on any atom is -0.490 e. The monoisotopic (exact) mass is 357 g/mol. The van der Waals surface area contributed by atoms with Crippen LogP contribution in [0.15, 0.2) is 24.3 Å². The van der Waals surface area contributed by atoms with Gasteiger partial charge < -0.3 is 9.64 Å². The minimum absolute atomic E-state index is 0.442. The first-order chi connectivity index (χ1) is 8.81. The number of hydrogen-bond donors (Lipinski definition) is 0. The molecule has 3 heteroatoms. The number of piperidine rings is 1. The zero-order chi connectivity index (χ0) is 12.4. The Kier molecular flexibility index (Phi) is 4.09. The number of halogens is 1. The molecule has 0 radical (unpaired) electrons. The molecule has 1 aliphatic heterocycles. The molecule has 1 saturated carbocycles. The van der Waals surface area contributed by atoms with Crippen LogP contribution < -0.4 is 4.74 Å². The van der Waals surface area contributed by atoms with Gasteiger partial charge >= 0.3 is 0 Å². The fourth-order valence-corrected chi connectivity index (χ4v) is 3.28. The fourth-order valence-electron chi connectivity index (χ4n) is 2.92. The number of likely N-dealkylation sites (tertiary alicyclic amines) is 1. The zero-order valence-corrected chi connectivity index (χ0v) is 12.8. The van der Waals surface area contributed by atoms with Crippen LogP contribution >= 0.6 is 22.6 Å². The largest absolute Gasteiger partial charge is 0.490 e. The van der Waals surface area contributed by atoms with E-state index in [0.29, 0.717) is 6.10 Å². The van der Waals surface area contributed by atoms with Gasteiger partial charge in [0.25, 0.3) is 0 Å². The predicted molar refractivity (Wildman–Crippen MR) is 82.0 cm³/mol. The van der Waals surface area contributed by atoms with Crippen molar-refractivity contribution in [3.63, 3.8) is 0 Å². The zero-order valence-electron chi connectivity index (χ0n) is 10.6. The van der Waals surface area contributed by atoms with E-state index in [9.17, 15) is 0 Å². The van der Waals surface area contributed by atoms with Gasteiger partial charge in [-0.1, -0.05) is 6.42 Å². The van der Waals surface area contributed by atoms with Crippen LogP contribution in [0.3, 0.4) is 0 Å². The van der Waals surface area contributed by atoms with E-state index in [1.807, 2.05) is 0 Å². The predicted octanol–water partition coefficient (Wildman–Crippen LogP) is 3.69. The molecule has 18 heavy (non-hydrogen) atoms. The topological polar surface area (TPSA) is 12.5 Å². The second-order valence-electron chi connectivity index (χ2n) is 5.42. The molecule has 1 heterocycles. The first-order valence-corrected chi connectivity index (χ1v) is 8.05. The fraction of sp³-hybridized carbons (Fsp3) is 0.600. The van der Waals surface area contributed by atoms with Crippen molar-refractivity contribution in [1.82, 2.24) is 4.90 Å². The maximum Gasteiger partial charge on any atom is 0.119 e. The molecule has 1 aromatic rings. The molecule has 1 aromatic carbocycles. The highest BCUT2D eigenvalue weighted by Crippen LogP contribution is 2.31. The van der Waals surface area contributed by atoms with Crippen molar-refractivity contribution < 1.29 is 4.74 Å². The van der Waals surface area contributed by atoms with Crippen molar-refractivity contribution in [2.24, 2.45) is 0 Å². The molecular formula is C15H20INO. The molecule has 0 unspecified atom stereocenters. The molecule has 0 amide bonds. The second-order valence-corrected chi connectivity index (χ2v) is 6.66. The molecule has 0 bridgehead atoms. The smallest absolute Gasteiger partial charge is 0.119 e. The van der Waals surface area contributed by atoms with E-state index in [1.54, 1.807) is 0 Å². The maximum absolute atomic E-state index is 6.00. The molecule has 2 fully saturated rings. The van der Waals surface area contributed by atoms with Gasteiger partial charge in [-0.15, -0.1) is 0 Å². The van der Waals surface area contributed by atoms with Gasteiger partial charge in [0.15, 0.2) is 0 Å². The molecule has 3 rings (SSSR count). The van der Waals surface area contributed by atoms with Crippen molar-refractivity contribution in [2.75, 3.05) is 13.1 Å². The SMILES string of the molecule is Ic1ccc(OC2CC(N3CCCCC3)C2)cc1. The summed E-state index contributed by atoms with van der Waals surface area (Å²) in [4.78, 5) is 2.66. The van der Waals surface area contributed by atoms with Crippen LogP contribution in [0.1, 0.15) is 32.1 Å². The van der Waals surface area contributed by atoms with E-state index >= 15 is 0 Å². The van der Waals surface area contributed by atoms with Crippen molar-refractivity contribution in [1.29, 1.82) is 0 Å². The van der Waals surface area contributed by atoms with Crippen LogP contribution in [0, 0.1) is 3.57 Å². The normalized spacial score (nSPS) is 28.7. The lowest BCUT2D eigenvalue weighted by atomic mass is 9.86. The average molecular weight is 357 g/mol. The Hall–Kier alpha value is -0.290. The number of rotatable bonds is 3. The summed E-state index contributed by atoms with van der Waals surface area (Å²) in [7, 11) is 0. The highest BCUT2D eigenvalue weighted by atomic mass is 127. The van der Waals surface area contributed by atoms with Crippen molar-refractivity contribution in [3.8, 4) is 5.75 Å². The second kappa shape index (κ2) is 5.78.